The molecule has 0 aromatic heterocycles. The summed E-state index contributed by atoms with van der Waals surface area (Å²) in [6, 6.07) is 11.3. The first-order valence-electron chi connectivity index (χ1n) is 6.66. The van der Waals surface area contributed by atoms with E-state index in [4.69, 9.17) is 17.3 Å². The normalized spacial score (nSPS) is 14.2. The molecule has 1 aliphatic heterocycles. The Bertz CT molecular complexity index is 717. The maximum absolute atomic E-state index is 12.6. The molecule has 0 unspecified atom stereocenters. The van der Waals surface area contributed by atoms with E-state index in [1.165, 1.54) is 0 Å². The van der Waals surface area contributed by atoms with Crippen LogP contribution in [0.4, 0.5) is 5.69 Å². The molecule has 1 amide bonds. The van der Waals surface area contributed by atoms with E-state index in [0.717, 1.165) is 22.0 Å². The zero-order valence-corrected chi connectivity index (χ0v) is 13.6. The first-order chi connectivity index (χ1) is 10.0. The molecule has 0 saturated heterocycles. The molecule has 0 saturated carbocycles. The van der Waals surface area contributed by atoms with Crippen LogP contribution in [0.15, 0.2) is 40.9 Å². The summed E-state index contributed by atoms with van der Waals surface area (Å²) in [6.07, 6.45) is 0.843. The average Bonchev–Trinajstić information content (AvgIpc) is 2.45. The van der Waals surface area contributed by atoms with Crippen molar-refractivity contribution in [3.8, 4) is 0 Å². The Morgan fingerprint density at radius 2 is 2.05 bits per heavy atom. The number of anilines is 1. The number of amides is 1. The molecule has 0 atom stereocenters. The number of carbonyl (C=O) groups excluding carboxylic acids is 1. The second-order valence-electron chi connectivity index (χ2n) is 5.13. The van der Waals surface area contributed by atoms with Gasteiger partial charge in [0.2, 0.25) is 0 Å². The molecule has 0 aliphatic carbocycles. The SMILES string of the molecule is Nc1ccc2c(c1)C(=O)N(Cc1ccc(Br)cc1Cl)CC2. The van der Waals surface area contributed by atoms with Crippen molar-refractivity contribution in [2.75, 3.05) is 12.3 Å². The summed E-state index contributed by atoms with van der Waals surface area (Å²) < 4.78 is 0.930. The van der Waals surface area contributed by atoms with Gasteiger partial charge in [-0.25, -0.2) is 0 Å². The standard InChI is InChI=1S/C16H14BrClN2O/c17-12-3-1-11(15(18)7-12)9-20-6-5-10-2-4-13(19)8-14(10)16(20)21/h1-4,7-8H,5-6,9,19H2. The smallest absolute Gasteiger partial charge is 0.254 e. The lowest BCUT2D eigenvalue weighted by atomic mass is 9.98. The van der Waals surface area contributed by atoms with Gasteiger partial charge in [0.15, 0.2) is 0 Å². The Morgan fingerprint density at radius 3 is 2.81 bits per heavy atom. The molecule has 3 nitrogen and oxygen atoms in total. The van der Waals surface area contributed by atoms with Crippen molar-refractivity contribution in [1.82, 2.24) is 4.90 Å². The molecular weight excluding hydrogens is 352 g/mol. The van der Waals surface area contributed by atoms with Crippen LogP contribution in [-0.4, -0.2) is 17.4 Å². The number of fused-ring (bicyclic) bond motifs is 1. The zero-order valence-electron chi connectivity index (χ0n) is 11.3. The number of hydrogen-bond donors (Lipinski definition) is 1. The van der Waals surface area contributed by atoms with Crippen LogP contribution in [-0.2, 0) is 13.0 Å². The van der Waals surface area contributed by atoms with Crippen LogP contribution >= 0.6 is 27.5 Å². The van der Waals surface area contributed by atoms with E-state index in [1.807, 2.05) is 35.2 Å². The third-order valence-corrected chi connectivity index (χ3v) is 4.52. The van der Waals surface area contributed by atoms with Crippen molar-refractivity contribution in [3.63, 3.8) is 0 Å². The van der Waals surface area contributed by atoms with Crippen molar-refractivity contribution >= 4 is 39.1 Å². The summed E-state index contributed by atoms with van der Waals surface area (Å²) in [6.45, 7) is 1.21. The fourth-order valence-electron chi connectivity index (χ4n) is 2.54. The number of halogens is 2. The van der Waals surface area contributed by atoms with Crippen molar-refractivity contribution in [3.05, 3.63) is 62.6 Å². The Hall–Kier alpha value is -1.52. The molecular formula is C16H14BrClN2O. The van der Waals surface area contributed by atoms with Gasteiger partial charge in [-0.05, 0) is 41.8 Å². The van der Waals surface area contributed by atoms with Crippen molar-refractivity contribution in [2.45, 2.75) is 13.0 Å². The highest BCUT2D eigenvalue weighted by Crippen LogP contribution is 2.26. The van der Waals surface area contributed by atoms with Gasteiger partial charge in [-0.1, -0.05) is 39.7 Å². The second kappa shape index (κ2) is 5.70. The monoisotopic (exact) mass is 364 g/mol. The Morgan fingerprint density at radius 1 is 1.24 bits per heavy atom. The average molecular weight is 366 g/mol. The Balaban J connectivity index is 1.86. The second-order valence-corrected chi connectivity index (χ2v) is 6.45. The quantitative estimate of drug-likeness (QED) is 0.821. The fraction of sp³-hybridized carbons (Fsp3) is 0.188. The van der Waals surface area contributed by atoms with Gasteiger partial charge in [-0.3, -0.25) is 4.79 Å². The minimum atomic E-state index is 0.0162. The van der Waals surface area contributed by atoms with Crippen LogP contribution in [0.3, 0.4) is 0 Å². The first-order valence-corrected chi connectivity index (χ1v) is 7.83. The van der Waals surface area contributed by atoms with Gasteiger partial charge in [-0.15, -0.1) is 0 Å². The largest absolute Gasteiger partial charge is 0.399 e. The number of nitrogen functional groups attached to an aromatic ring is 1. The highest BCUT2D eigenvalue weighted by molar-refractivity contribution is 9.10. The molecule has 0 bridgehead atoms. The van der Waals surface area contributed by atoms with Gasteiger partial charge in [-0.2, -0.15) is 0 Å². The Kier molecular flexibility index (Phi) is 3.91. The van der Waals surface area contributed by atoms with Gasteiger partial charge >= 0.3 is 0 Å². The summed E-state index contributed by atoms with van der Waals surface area (Å²) in [7, 11) is 0. The van der Waals surface area contributed by atoms with Gasteiger partial charge in [0, 0.05) is 33.8 Å². The minimum absolute atomic E-state index is 0.0162. The topological polar surface area (TPSA) is 46.3 Å². The highest BCUT2D eigenvalue weighted by Gasteiger charge is 2.24. The number of nitrogens with zero attached hydrogens (tertiary/aromatic N) is 1. The van der Waals surface area contributed by atoms with Crippen LogP contribution in [0.2, 0.25) is 5.02 Å². The fourth-order valence-corrected chi connectivity index (χ4v) is 3.28. The van der Waals surface area contributed by atoms with Crippen LogP contribution < -0.4 is 5.73 Å². The van der Waals surface area contributed by atoms with Gasteiger partial charge < -0.3 is 10.6 Å². The molecule has 108 valence electrons. The van der Waals surface area contributed by atoms with Gasteiger partial charge in [0.1, 0.15) is 0 Å². The summed E-state index contributed by atoms with van der Waals surface area (Å²) >= 11 is 9.62. The maximum Gasteiger partial charge on any atom is 0.254 e. The van der Waals surface area contributed by atoms with Crippen molar-refractivity contribution < 1.29 is 4.79 Å². The number of benzene rings is 2. The van der Waals surface area contributed by atoms with E-state index >= 15 is 0 Å². The predicted molar refractivity (Wildman–Crippen MR) is 88.5 cm³/mol. The molecule has 2 N–H and O–H groups in total. The molecule has 0 fully saturated rings. The van der Waals surface area contributed by atoms with Gasteiger partial charge in [0.05, 0.1) is 0 Å². The molecule has 3 rings (SSSR count). The van der Waals surface area contributed by atoms with E-state index in [0.29, 0.717) is 29.4 Å². The summed E-state index contributed by atoms with van der Waals surface area (Å²) in [5.74, 6) is 0.0162. The lowest BCUT2D eigenvalue weighted by Crippen LogP contribution is -2.37. The van der Waals surface area contributed by atoms with Crippen molar-refractivity contribution in [1.29, 1.82) is 0 Å². The number of rotatable bonds is 2. The molecule has 1 aliphatic rings. The third-order valence-electron chi connectivity index (χ3n) is 3.68. The number of carbonyl (C=O) groups is 1. The highest BCUT2D eigenvalue weighted by atomic mass is 79.9. The first kappa shape index (κ1) is 14.4. The van der Waals surface area contributed by atoms with E-state index in [1.54, 1.807) is 6.07 Å². The molecule has 0 spiro atoms. The Labute approximate surface area is 136 Å². The van der Waals surface area contributed by atoms with E-state index in [-0.39, 0.29) is 5.91 Å². The lowest BCUT2D eigenvalue weighted by molar-refractivity contribution is 0.0727. The lowest BCUT2D eigenvalue weighted by Gasteiger charge is -2.29. The van der Waals surface area contributed by atoms with Crippen LogP contribution in [0.5, 0.6) is 0 Å². The number of nitrogens with two attached hydrogens (primary N) is 1. The third kappa shape index (κ3) is 2.92. The summed E-state index contributed by atoms with van der Waals surface area (Å²) in [5.41, 5.74) is 9.11. The molecule has 21 heavy (non-hydrogen) atoms. The van der Waals surface area contributed by atoms with Crippen molar-refractivity contribution in [2.24, 2.45) is 0 Å². The molecule has 5 heteroatoms. The number of hydrogen-bond acceptors (Lipinski definition) is 2. The zero-order chi connectivity index (χ0) is 15.0. The molecule has 1 heterocycles. The maximum atomic E-state index is 12.6. The van der Waals surface area contributed by atoms with Crippen LogP contribution in [0.25, 0.3) is 0 Å². The van der Waals surface area contributed by atoms with E-state index < -0.39 is 0 Å². The van der Waals surface area contributed by atoms with E-state index in [9.17, 15) is 4.79 Å². The van der Waals surface area contributed by atoms with Gasteiger partial charge in [0.25, 0.3) is 5.91 Å². The molecule has 0 radical (unpaired) electrons. The molecule has 2 aromatic carbocycles. The predicted octanol–water partition coefficient (Wildman–Crippen LogP) is 3.88. The van der Waals surface area contributed by atoms with Crippen LogP contribution in [0, 0.1) is 0 Å². The summed E-state index contributed by atoms with van der Waals surface area (Å²) in [4.78, 5) is 14.4. The van der Waals surface area contributed by atoms with Crippen LogP contribution in [0.1, 0.15) is 21.5 Å². The summed E-state index contributed by atoms with van der Waals surface area (Å²) in [5, 5.41) is 0.663. The van der Waals surface area contributed by atoms with E-state index in [2.05, 4.69) is 15.9 Å². The minimum Gasteiger partial charge on any atom is -0.399 e. The molecule has 2 aromatic rings.